The minimum atomic E-state index is -0.253. The first-order valence-electron chi connectivity index (χ1n) is 5.79. The van der Waals surface area contributed by atoms with E-state index in [-0.39, 0.29) is 5.82 Å². The summed E-state index contributed by atoms with van der Waals surface area (Å²) >= 11 is 0. The molecule has 2 rings (SSSR count). The van der Waals surface area contributed by atoms with Crippen molar-refractivity contribution in [2.45, 2.75) is 13.1 Å². The average molecular weight is 245 g/mol. The minimum Gasteiger partial charge on any atom is -0.370 e. The molecule has 0 aliphatic carbocycles. The Morgan fingerprint density at radius 3 is 2.61 bits per heavy atom. The van der Waals surface area contributed by atoms with Crippen molar-refractivity contribution in [3.8, 4) is 0 Å². The van der Waals surface area contributed by atoms with Crippen LogP contribution in [0.3, 0.4) is 0 Å². The van der Waals surface area contributed by atoms with E-state index in [1.54, 1.807) is 18.5 Å². The van der Waals surface area contributed by atoms with Crippen molar-refractivity contribution >= 4 is 5.69 Å². The highest BCUT2D eigenvalue weighted by Crippen LogP contribution is 2.21. The zero-order valence-electron chi connectivity index (χ0n) is 10.3. The number of aromatic nitrogens is 1. The predicted molar refractivity (Wildman–Crippen MR) is 70.6 cm³/mol. The van der Waals surface area contributed by atoms with Crippen LogP contribution in [0, 0.1) is 5.82 Å². The van der Waals surface area contributed by atoms with Crippen LogP contribution in [0.25, 0.3) is 0 Å². The van der Waals surface area contributed by atoms with Crippen molar-refractivity contribution in [2.75, 3.05) is 11.9 Å². The molecule has 4 heteroatoms. The molecule has 18 heavy (non-hydrogen) atoms. The van der Waals surface area contributed by atoms with E-state index in [4.69, 9.17) is 5.73 Å². The molecule has 1 aromatic carbocycles. The van der Waals surface area contributed by atoms with Crippen LogP contribution in [0.4, 0.5) is 10.1 Å². The summed E-state index contributed by atoms with van der Waals surface area (Å²) < 4.78 is 13.1. The molecule has 1 heterocycles. The first kappa shape index (κ1) is 12.5. The number of hydrogen-bond donors (Lipinski definition) is 1. The maximum atomic E-state index is 13.1. The predicted octanol–water partition coefficient (Wildman–Crippen LogP) is 2.32. The topological polar surface area (TPSA) is 42.2 Å². The summed E-state index contributed by atoms with van der Waals surface area (Å²) in [5.41, 5.74) is 8.57. The Kier molecular flexibility index (Phi) is 3.89. The Hall–Kier alpha value is -1.94. The van der Waals surface area contributed by atoms with E-state index in [9.17, 15) is 4.39 Å². The Morgan fingerprint density at radius 2 is 1.94 bits per heavy atom. The molecule has 0 radical (unpaired) electrons. The number of nitrogens with two attached hydrogens (primary N) is 1. The molecule has 0 aliphatic heterocycles. The number of pyridine rings is 1. The molecule has 0 atom stereocenters. The summed E-state index contributed by atoms with van der Waals surface area (Å²) in [4.78, 5) is 6.04. The Labute approximate surface area is 106 Å². The zero-order chi connectivity index (χ0) is 13.0. The smallest absolute Gasteiger partial charge is 0.123 e. The summed E-state index contributed by atoms with van der Waals surface area (Å²) in [6, 6.07) is 8.62. The molecule has 0 saturated heterocycles. The standard InChI is InChI=1S/C14H16FN3/c1-18(10-11-4-6-17-7-5-11)14-3-2-13(15)8-12(14)9-16/h2-8H,9-10,16H2,1H3. The van der Waals surface area contributed by atoms with E-state index in [0.717, 1.165) is 23.4 Å². The van der Waals surface area contributed by atoms with Gasteiger partial charge in [0.15, 0.2) is 0 Å². The lowest BCUT2D eigenvalue weighted by Gasteiger charge is -2.22. The second-order valence-electron chi connectivity index (χ2n) is 4.19. The summed E-state index contributed by atoms with van der Waals surface area (Å²) in [5, 5.41) is 0. The van der Waals surface area contributed by atoms with E-state index in [1.165, 1.54) is 12.1 Å². The number of benzene rings is 1. The highest BCUT2D eigenvalue weighted by molar-refractivity contribution is 5.53. The molecule has 0 spiro atoms. The normalized spacial score (nSPS) is 10.4. The molecular formula is C14H16FN3. The van der Waals surface area contributed by atoms with Crippen LogP contribution < -0.4 is 10.6 Å². The van der Waals surface area contributed by atoms with Crippen LogP contribution in [-0.4, -0.2) is 12.0 Å². The van der Waals surface area contributed by atoms with Gasteiger partial charge in [-0.05, 0) is 41.5 Å². The van der Waals surface area contributed by atoms with Crippen molar-refractivity contribution in [1.82, 2.24) is 4.98 Å². The molecule has 2 aromatic rings. The van der Waals surface area contributed by atoms with Gasteiger partial charge in [-0.1, -0.05) is 0 Å². The lowest BCUT2D eigenvalue weighted by atomic mass is 10.1. The fraction of sp³-hybridized carbons (Fsp3) is 0.214. The van der Waals surface area contributed by atoms with E-state index in [2.05, 4.69) is 9.88 Å². The number of rotatable bonds is 4. The van der Waals surface area contributed by atoms with Gasteiger partial charge in [0.1, 0.15) is 5.82 Å². The van der Waals surface area contributed by atoms with Crippen molar-refractivity contribution in [1.29, 1.82) is 0 Å². The molecule has 0 fully saturated rings. The molecule has 0 amide bonds. The molecule has 3 nitrogen and oxygen atoms in total. The molecule has 1 aromatic heterocycles. The number of nitrogens with zero attached hydrogens (tertiary/aromatic N) is 2. The quantitative estimate of drug-likeness (QED) is 0.898. The third kappa shape index (κ3) is 2.84. The van der Waals surface area contributed by atoms with Crippen LogP contribution in [0.15, 0.2) is 42.7 Å². The van der Waals surface area contributed by atoms with Gasteiger partial charge in [-0.15, -0.1) is 0 Å². The van der Waals surface area contributed by atoms with Gasteiger partial charge in [-0.2, -0.15) is 0 Å². The zero-order valence-corrected chi connectivity index (χ0v) is 10.3. The molecule has 2 N–H and O–H groups in total. The Balaban J connectivity index is 2.21. The fourth-order valence-corrected chi connectivity index (χ4v) is 1.94. The largest absolute Gasteiger partial charge is 0.370 e. The van der Waals surface area contributed by atoms with E-state index in [1.807, 2.05) is 19.2 Å². The van der Waals surface area contributed by atoms with Gasteiger partial charge in [0.25, 0.3) is 0 Å². The van der Waals surface area contributed by atoms with Crippen molar-refractivity contribution in [2.24, 2.45) is 5.73 Å². The van der Waals surface area contributed by atoms with Crippen molar-refractivity contribution in [3.05, 3.63) is 59.7 Å². The highest BCUT2D eigenvalue weighted by Gasteiger charge is 2.08. The summed E-state index contributed by atoms with van der Waals surface area (Å²) in [7, 11) is 1.97. The van der Waals surface area contributed by atoms with Crippen LogP contribution in [0.1, 0.15) is 11.1 Å². The van der Waals surface area contributed by atoms with E-state index >= 15 is 0 Å². The van der Waals surface area contributed by atoms with Gasteiger partial charge < -0.3 is 10.6 Å². The lowest BCUT2D eigenvalue weighted by Crippen LogP contribution is -2.19. The van der Waals surface area contributed by atoms with Crippen LogP contribution in [0.2, 0.25) is 0 Å². The average Bonchev–Trinajstić information content (AvgIpc) is 2.39. The van der Waals surface area contributed by atoms with Crippen LogP contribution in [-0.2, 0) is 13.1 Å². The second kappa shape index (κ2) is 5.60. The molecular weight excluding hydrogens is 229 g/mol. The molecule has 94 valence electrons. The van der Waals surface area contributed by atoms with Gasteiger partial charge in [0, 0.05) is 38.2 Å². The van der Waals surface area contributed by atoms with Gasteiger partial charge in [-0.3, -0.25) is 4.98 Å². The Morgan fingerprint density at radius 1 is 1.22 bits per heavy atom. The van der Waals surface area contributed by atoms with Crippen LogP contribution >= 0.6 is 0 Å². The summed E-state index contributed by atoms with van der Waals surface area (Å²) in [6.07, 6.45) is 3.52. The summed E-state index contributed by atoms with van der Waals surface area (Å²) in [6.45, 7) is 1.06. The number of anilines is 1. The molecule has 0 aliphatic rings. The first-order valence-corrected chi connectivity index (χ1v) is 5.79. The fourth-order valence-electron chi connectivity index (χ4n) is 1.94. The molecule has 0 saturated carbocycles. The summed E-state index contributed by atoms with van der Waals surface area (Å²) in [5.74, 6) is -0.253. The Bertz CT molecular complexity index is 514. The van der Waals surface area contributed by atoms with Gasteiger partial charge >= 0.3 is 0 Å². The van der Waals surface area contributed by atoms with Crippen molar-refractivity contribution < 1.29 is 4.39 Å². The second-order valence-corrected chi connectivity index (χ2v) is 4.19. The van der Waals surface area contributed by atoms with Gasteiger partial charge in [-0.25, -0.2) is 4.39 Å². The maximum absolute atomic E-state index is 13.1. The number of hydrogen-bond acceptors (Lipinski definition) is 3. The third-order valence-corrected chi connectivity index (χ3v) is 2.84. The molecule has 0 bridgehead atoms. The van der Waals surface area contributed by atoms with Crippen LogP contribution in [0.5, 0.6) is 0 Å². The lowest BCUT2D eigenvalue weighted by molar-refractivity contribution is 0.625. The highest BCUT2D eigenvalue weighted by atomic mass is 19.1. The third-order valence-electron chi connectivity index (χ3n) is 2.84. The van der Waals surface area contributed by atoms with E-state index in [0.29, 0.717) is 6.54 Å². The first-order chi connectivity index (χ1) is 8.70. The molecule has 0 unspecified atom stereocenters. The van der Waals surface area contributed by atoms with Gasteiger partial charge in [0.2, 0.25) is 0 Å². The monoisotopic (exact) mass is 245 g/mol. The van der Waals surface area contributed by atoms with Gasteiger partial charge in [0.05, 0.1) is 0 Å². The SMILES string of the molecule is CN(Cc1ccncc1)c1ccc(F)cc1CN. The number of halogens is 1. The van der Waals surface area contributed by atoms with E-state index < -0.39 is 0 Å². The maximum Gasteiger partial charge on any atom is 0.123 e. The minimum absolute atomic E-state index is 0.253. The van der Waals surface area contributed by atoms with Crippen molar-refractivity contribution in [3.63, 3.8) is 0 Å².